The maximum absolute atomic E-state index is 12.4. The minimum atomic E-state index is -0.405. The molecule has 0 saturated carbocycles. The summed E-state index contributed by atoms with van der Waals surface area (Å²) >= 11 is 0. The van der Waals surface area contributed by atoms with Gasteiger partial charge in [0.2, 0.25) is 5.91 Å². The van der Waals surface area contributed by atoms with Crippen molar-refractivity contribution in [1.82, 2.24) is 4.90 Å². The lowest BCUT2D eigenvalue weighted by atomic mass is 10.1. The van der Waals surface area contributed by atoms with E-state index in [0.29, 0.717) is 11.3 Å². The summed E-state index contributed by atoms with van der Waals surface area (Å²) in [6.45, 7) is 5.10. The van der Waals surface area contributed by atoms with E-state index in [9.17, 15) is 14.9 Å². The molecule has 0 aromatic heterocycles. The van der Waals surface area contributed by atoms with Crippen LogP contribution in [0, 0.1) is 17.0 Å². The predicted molar refractivity (Wildman–Crippen MR) is 81.3 cm³/mol. The Balaban J connectivity index is 2.08. The van der Waals surface area contributed by atoms with Crippen molar-refractivity contribution in [3.05, 3.63) is 33.9 Å². The number of hydrogen-bond acceptors (Lipinski definition) is 4. The van der Waals surface area contributed by atoms with E-state index in [2.05, 4.69) is 5.32 Å². The van der Waals surface area contributed by atoms with Gasteiger partial charge in [0.1, 0.15) is 6.04 Å². The lowest BCUT2D eigenvalue weighted by Crippen LogP contribution is -2.44. The van der Waals surface area contributed by atoms with Crippen LogP contribution in [0.15, 0.2) is 18.2 Å². The first kappa shape index (κ1) is 15.3. The van der Waals surface area contributed by atoms with Crippen LogP contribution in [0.3, 0.4) is 0 Å². The Hall–Kier alpha value is -2.11. The number of likely N-dealkylation sites (tertiary alicyclic amines) is 1. The summed E-state index contributed by atoms with van der Waals surface area (Å²) in [5.74, 6) is 0.0561. The van der Waals surface area contributed by atoms with Crippen LogP contribution in [-0.4, -0.2) is 34.9 Å². The number of anilines is 1. The van der Waals surface area contributed by atoms with Crippen molar-refractivity contribution < 1.29 is 9.72 Å². The largest absolute Gasteiger partial charge is 0.373 e. The molecule has 21 heavy (non-hydrogen) atoms. The smallest absolute Gasteiger partial charge is 0.274 e. The van der Waals surface area contributed by atoms with E-state index in [-0.39, 0.29) is 17.6 Å². The van der Waals surface area contributed by atoms with Gasteiger partial charge in [0.05, 0.1) is 4.92 Å². The quantitative estimate of drug-likeness (QED) is 0.683. The number of nitrogens with one attached hydrogen (secondary N) is 1. The fourth-order valence-corrected chi connectivity index (χ4v) is 2.66. The SMILES string of the molecule is Cc1c(NC(C)C(=O)N2CCCCC2)cccc1[N+](=O)[O-]. The molecule has 1 aliphatic rings. The topological polar surface area (TPSA) is 75.5 Å². The molecule has 1 aromatic carbocycles. The molecule has 1 aromatic rings. The zero-order chi connectivity index (χ0) is 15.4. The number of nitro groups is 1. The average molecular weight is 291 g/mol. The molecular weight excluding hydrogens is 270 g/mol. The second-order valence-corrected chi connectivity index (χ2v) is 5.46. The Bertz CT molecular complexity index is 539. The molecule has 1 aliphatic heterocycles. The Kier molecular flexibility index (Phi) is 4.77. The highest BCUT2D eigenvalue weighted by molar-refractivity contribution is 5.84. The third-order valence-electron chi connectivity index (χ3n) is 3.91. The van der Waals surface area contributed by atoms with Crippen LogP contribution in [0.5, 0.6) is 0 Å². The van der Waals surface area contributed by atoms with Crippen molar-refractivity contribution in [3.63, 3.8) is 0 Å². The average Bonchev–Trinajstić information content (AvgIpc) is 2.49. The van der Waals surface area contributed by atoms with Crippen molar-refractivity contribution in [2.45, 2.75) is 39.2 Å². The van der Waals surface area contributed by atoms with Crippen molar-refractivity contribution in [2.75, 3.05) is 18.4 Å². The Morgan fingerprint density at radius 2 is 2.00 bits per heavy atom. The zero-order valence-corrected chi connectivity index (χ0v) is 12.5. The number of carbonyl (C=O) groups is 1. The van der Waals surface area contributed by atoms with Crippen LogP contribution in [0.25, 0.3) is 0 Å². The lowest BCUT2D eigenvalue weighted by molar-refractivity contribution is -0.385. The van der Waals surface area contributed by atoms with Crippen LogP contribution in [0.1, 0.15) is 31.7 Å². The van der Waals surface area contributed by atoms with Gasteiger partial charge < -0.3 is 10.2 Å². The van der Waals surface area contributed by atoms with Gasteiger partial charge in [0, 0.05) is 30.4 Å². The van der Waals surface area contributed by atoms with Gasteiger partial charge in [-0.1, -0.05) is 6.07 Å². The maximum Gasteiger partial charge on any atom is 0.274 e. The number of nitrogens with zero attached hydrogens (tertiary/aromatic N) is 2. The maximum atomic E-state index is 12.4. The first-order valence-electron chi connectivity index (χ1n) is 7.30. The molecule has 1 amide bonds. The van der Waals surface area contributed by atoms with E-state index in [1.54, 1.807) is 26.0 Å². The summed E-state index contributed by atoms with van der Waals surface area (Å²) < 4.78 is 0. The number of carbonyl (C=O) groups excluding carboxylic acids is 1. The molecule has 0 bridgehead atoms. The van der Waals surface area contributed by atoms with Gasteiger partial charge in [0.15, 0.2) is 0 Å². The number of piperidine rings is 1. The van der Waals surface area contributed by atoms with E-state index >= 15 is 0 Å². The Labute approximate surface area is 124 Å². The van der Waals surface area contributed by atoms with Gasteiger partial charge in [-0.2, -0.15) is 0 Å². The van der Waals surface area contributed by atoms with E-state index in [0.717, 1.165) is 25.9 Å². The zero-order valence-electron chi connectivity index (χ0n) is 12.5. The number of rotatable bonds is 4. The first-order valence-corrected chi connectivity index (χ1v) is 7.30. The highest BCUT2D eigenvalue weighted by atomic mass is 16.6. The fraction of sp³-hybridized carbons (Fsp3) is 0.533. The van der Waals surface area contributed by atoms with Gasteiger partial charge in [0.25, 0.3) is 5.69 Å². The molecule has 6 heteroatoms. The standard InChI is InChI=1S/C15H21N3O3/c1-11-13(7-6-8-14(11)18(20)21)16-12(2)15(19)17-9-4-3-5-10-17/h6-8,12,16H,3-5,9-10H2,1-2H3. The van der Waals surface area contributed by atoms with Crippen LogP contribution in [0.2, 0.25) is 0 Å². The number of amides is 1. The molecule has 2 rings (SSSR count). The molecule has 1 atom stereocenters. The molecule has 1 unspecified atom stereocenters. The first-order chi connectivity index (χ1) is 10.0. The van der Waals surface area contributed by atoms with Crippen LogP contribution in [0.4, 0.5) is 11.4 Å². The number of hydrogen-bond donors (Lipinski definition) is 1. The second kappa shape index (κ2) is 6.56. The molecular formula is C15H21N3O3. The summed E-state index contributed by atoms with van der Waals surface area (Å²) in [5.41, 5.74) is 1.26. The molecule has 114 valence electrons. The molecule has 0 aliphatic carbocycles. The number of benzene rings is 1. The van der Waals surface area contributed by atoms with Gasteiger partial charge in [-0.05, 0) is 39.2 Å². The minimum absolute atomic E-state index is 0.0561. The van der Waals surface area contributed by atoms with Gasteiger partial charge in [-0.15, -0.1) is 0 Å². The van der Waals surface area contributed by atoms with Crippen molar-refractivity contribution in [3.8, 4) is 0 Å². The molecule has 1 saturated heterocycles. The Morgan fingerprint density at radius 3 is 2.62 bits per heavy atom. The Morgan fingerprint density at radius 1 is 1.33 bits per heavy atom. The van der Waals surface area contributed by atoms with E-state index in [4.69, 9.17) is 0 Å². The van der Waals surface area contributed by atoms with Crippen LogP contribution < -0.4 is 5.32 Å². The van der Waals surface area contributed by atoms with Crippen molar-refractivity contribution in [2.24, 2.45) is 0 Å². The van der Waals surface area contributed by atoms with Gasteiger partial charge in [-0.25, -0.2) is 0 Å². The van der Waals surface area contributed by atoms with Gasteiger partial charge in [-0.3, -0.25) is 14.9 Å². The molecule has 1 N–H and O–H groups in total. The number of nitro benzene ring substituents is 1. The normalized spacial score (nSPS) is 16.4. The van der Waals surface area contributed by atoms with Crippen LogP contribution >= 0.6 is 0 Å². The van der Waals surface area contributed by atoms with Gasteiger partial charge >= 0.3 is 0 Å². The fourth-order valence-electron chi connectivity index (χ4n) is 2.66. The monoisotopic (exact) mass is 291 g/mol. The molecule has 1 heterocycles. The third-order valence-corrected chi connectivity index (χ3v) is 3.91. The second-order valence-electron chi connectivity index (χ2n) is 5.46. The van der Waals surface area contributed by atoms with Crippen molar-refractivity contribution >= 4 is 17.3 Å². The van der Waals surface area contributed by atoms with Crippen LogP contribution in [-0.2, 0) is 4.79 Å². The predicted octanol–water partition coefficient (Wildman–Crippen LogP) is 2.72. The molecule has 1 fully saturated rings. The summed E-state index contributed by atoms with van der Waals surface area (Å²) in [6.07, 6.45) is 3.28. The summed E-state index contributed by atoms with van der Waals surface area (Å²) in [5, 5.41) is 14.1. The summed E-state index contributed by atoms with van der Waals surface area (Å²) in [7, 11) is 0. The summed E-state index contributed by atoms with van der Waals surface area (Å²) in [4.78, 5) is 24.8. The summed E-state index contributed by atoms with van der Waals surface area (Å²) in [6, 6.07) is 4.48. The van der Waals surface area contributed by atoms with E-state index < -0.39 is 4.92 Å². The van der Waals surface area contributed by atoms with E-state index in [1.807, 2.05) is 4.90 Å². The lowest BCUT2D eigenvalue weighted by Gasteiger charge is -2.30. The molecule has 6 nitrogen and oxygen atoms in total. The molecule has 0 radical (unpaired) electrons. The molecule has 0 spiro atoms. The van der Waals surface area contributed by atoms with E-state index in [1.165, 1.54) is 12.5 Å². The highest BCUT2D eigenvalue weighted by Crippen LogP contribution is 2.25. The highest BCUT2D eigenvalue weighted by Gasteiger charge is 2.23. The third kappa shape index (κ3) is 3.51. The van der Waals surface area contributed by atoms with Crippen molar-refractivity contribution in [1.29, 1.82) is 0 Å². The minimum Gasteiger partial charge on any atom is -0.373 e.